The zero-order valence-electron chi connectivity index (χ0n) is 11.9. The van der Waals surface area contributed by atoms with Gasteiger partial charge < -0.3 is 5.32 Å². The van der Waals surface area contributed by atoms with Crippen LogP contribution in [-0.2, 0) is 6.42 Å². The molecule has 0 bridgehead atoms. The lowest BCUT2D eigenvalue weighted by Gasteiger charge is -2.05. The van der Waals surface area contributed by atoms with Gasteiger partial charge in [-0.05, 0) is 29.5 Å². The zero-order valence-corrected chi connectivity index (χ0v) is 11.9. The lowest BCUT2D eigenvalue weighted by molar-refractivity contribution is 0.0954. The first kappa shape index (κ1) is 13.9. The maximum atomic E-state index is 12.2. The molecule has 3 aromatic rings. The van der Waals surface area contributed by atoms with E-state index >= 15 is 0 Å². The Bertz CT molecular complexity index is 764. The van der Waals surface area contributed by atoms with Gasteiger partial charge >= 0.3 is 0 Å². The number of tetrazole rings is 1. The maximum Gasteiger partial charge on any atom is 0.256 e. The summed E-state index contributed by atoms with van der Waals surface area (Å²) in [6, 6.07) is 5.82. The van der Waals surface area contributed by atoms with Gasteiger partial charge in [-0.2, -0.15) is 9.78 Å². The van der Waals surface area contributed by atoms with E-state index in [1.54, 1.807) is 0 Å². The summed E-state index contributed by atoms with van der Waals surface area (Å²) >= 11 is 0. The summed E-state index contributed by atoms with van der Waals surface area (Å²) in [5.74, 6) is 0.183. The number of amides is 1. The van der Waals surface area contributed by atoms with E-state index in [-0.39, 0.29) is 5.91 Å². The number of pyridine rings is 1. The molecule has 0 saturated heterocycles. The highest BCUT2D eigenvalue weighted by molar-refractivity contribution is 5.96. The Kier molecular flexibility index (Phi) is 3.86. The van der Waals surface area contributed by atoms with Crippen molar-refractivity contribution in [3.8, 4) is 5.82 Å². The number of hydrogen-bond donors (Lipinski definition) is 2. The number of aryl methyl sites for hydroxylation is 1. The Morgan fingerprint density at radius 2 is 2.32 bits per heavy atom. The number of carbonyl (C=O) groups excluding carboxylic acids is 1. The molecule has 0 fully saturated rings. The van der Waals surface area contributed by atoms with Gasteiger partial charge in [0.05, 0.1) is 6.20 Å². The molecule has 3 heterocycles. The van der Waals surface area contributed by atoms with Crippen LogP contribution in [0.4, 0.5) is 0 Å². The first-order valence-corrected chi connectivity index (χ1v) is 6.71. The number of aromatic nitrogens is 7. The smallest absolute Gasteiger partial charge is 0.256 e. The number of rotatable bonds is 5. The van der Waals surface area contributed by atoms with E-state index in [2.05, 4.69) is 36.0 Å². The van der Waals surface area contributed by atoms with Crippen molar-refractivity contribution < 1.29 is 4.79 Å². The van der Waals surface area contributed by atoms with Crippen LogP contribution in [-0.4, -0.2) is 47.8 Å². The van der Waals surface area contributed by atoms with E-state index in [0.29, 0.717) is 24.3 Å². The summed E-state index contributed by atoms with van der Waals surface area (Å²) in [6.07, 6.45) is 3.49. The van der Waals surface area contributed by atoms with Crippen LogP contribution >= 0.6 is 0 Å². The average molecular weight is 298 g/mol. The van der Waals surface area contributed by atoms with Crippen LogP contribution in [0.1, 0.15) is 21.7 Å². The fourth-order valence-electron chi connectivity index (χ4n) is 2.02. The topological polar surface area (TPSA) is 114 Å². The summed E-state index contributed by atoms with van der Waals surface area (Å²) in [7, 11) is 0. The Balaban J connectivity index is 1.62. The number of nitrogens with zero attached hydrogens (tertiary/aromatic N) is 6. The second-order valence-corrected chi connectivity index (χ2v) is 4.66. The molecule has 22 heavy (non-hydrogen) atoms. The second kappa shape index (κ2) is 6.12. The molecule has 9 heteroatoms. The van der Waals surface area contributed by atoms with Gasteiger partial charge in [0.15, 0.2) is 5.82 Å². The molecule has 3 rings (SSSR count). The SMILES string of the molecule is Cc1cccc(CCNC(=O)c2cn[nH]c2-n2cnnn2)n1. The molecular weight excluding hydrogens is 284 g/mol. The summed E-state index contributed by atoms with van der Waals surface area (Å²) in [5, 5.41) is 20.2. The molecule has 1 amide bonds. The fraction of sp³-hybridized carbons (Fsp3) is 0.231. The molecule has 0 radical (unpaired) electrons. The van der Waals surface area contributed by atoms with Gasteiger partial charge in [-0.25, -0.2) is 0 Å². The molecule has 0 spiro atoms. The quantitative estimate of drug-likeness (QED) is 0.688. The highest BCUT2D eigenvalue weighted by atomic mass is 16.1. The van der Waals surface area contributed by atoms with Crippen molar-refractivity contribution in [3.05, 3.63) is 47.7 Å². The molecule has 0 atom stereocenters. The number of hydrogen-bond acceptors (Lipinski definition) is 6. The molecule has 0 aliphatic heterocycles. The molecule has 0 aliphatic carbocycles. The molecule has 3 aromatic heterocycles. The van der Waals surface area contributed by atoms with Crippen LogP contribution in [0.5, 0.6) is 0 Å². The summed E-state index contributed by atoms with van der Waals surface area (Å²) in [4.78, 5) is 16.6. The fourth-order valence-corrected chi connectivity index (χ4v) is 2.02. The van der Waals surface area contributed by atoms with Gasteiger partial charge in [0.25, 0.3) is 5.91 Å². The molecular formula is C13H14N8O. The first-order valence-electron chi connectivity index (χ1n) is 6.71. The van der Waals surface area contributed by atoms with Crippen LogP contribution < -0.4 is 5.32 Å². The van der Waals surface area contributed by atoms with Crippen LogP contribution in [0.3, 0.4) is 0 Å². The molecule has 112 valence electrons. The van der Waals surface area contributed by atoms with Crippen molar-refractivity contribution in [2.45, 2.75) is 13.3 Å². The van der Waals surface area contributed by atoms with E-state index in [1.807, 2.05) is 25.1 Å². The first-order chi connectivity index (χ1) is 10.7. The Hall–Kier alpha value is -3.10. The molecule has 2 N–H and O–H groups in total. The van der Waals surface area contributed by atoms with E-state index < -0.39 is 0 Å². The van der Waals surface area contributed by atoms with E-state index in [9.17, 15) is 4.79 Å². The number of nitrogens with one attached hydrogen (secondary N) is 2. The predicted octanol–water partition coefficient (Wildman–Crippen LogP) is 0.0613. The van der Waals surface area contributed by atoms with Crippen molar-refractivity contribution in [2.75, 3.05) is 6.54 Å². The minimum atomic E-state index is -0.244. The van der Waals surface area contributed by atoms with Gasteiger partial charge in [0.1, 0.15) is 11.9 Å². The number of H-pyrrole nitrogens is 1. The molecule has 0 aromatic carbocycles. The third kappa shape index (κ3) is 2.97. The van der Waals surface area contributed by atoms with Gasteiger partial charge in [0, 0.05) is 24.4 Å². The Labute approximate surface area is 125 Å². The third-order valence-corrected chi connectivity index (χ3v) is 3.05. The maximum absolute atomic E-state index is 12.2. The van der Waals surface area contributed by atoms with Crippen LogP contribution in [0.15, 0.2) is 30.7 Å². The largest absolute Gasteiger partial charge is 0.351 e. The highest BCUT2D eigenvalue weighted by Crippen LogP contribution is 2.08. The van der Waals surface area contributed by atoms with E-state index in [1.165, 1.54) is 17.2 Å². The van der Waals surface area contributed by atoms with Crippen molar-refractivity contribution in [1.82, 2.24) is 40.7 Å². The molecule has 0 unspecified atom stereocenters. The number of carbonyl (C=O) groups is 1. The molecule has 0 aliphatic rings. The Morgan fingerprint density at radius 1 is 1.41 bits per heavy atom. The summed E-state index contributed by atoms with van der Waals surface area (Å²) in [5.41, 5.74) is 2.28. The standard InChI is InChI=1S/C13H14N8O/c1-9-3-2-4-10(17-9)5-6-14-13(22)11-7-15-18-12(11)21-8-16-19-20-21/h2-4,7-8H,5-6H2,1H3,(H,14,22)(H,15,18). The van der Waals surface area contributed by atoms with Crippen molar-refractivity contribution in [2.24, 2.45) is 0 Å². The van der Waals surface area contributed by atoms with E-state index in [0.717, 1.165) is 11.4 Å². The minimum absolute atomic E-state index is 0.244. The van der Waals surface area contributed by atoms with Gasteiger partial charge in [-0.15, -0.1) is 5.10 Å². The lowest BCUT2D eigenvalue weighted by atomic mass is 10.2. The third-order valence-electron chi connectivity index (χ3n) is 3.05. The van der Waals surface area contributed by atoms with Gasteiger partial charge in [0.2, 0.25) is 0 Å². The van der Waals surface area contributed by atoms with E-state index in [4.69, 9.17) is 0 Å². The van der Waals surface area contributed by atoms with Crippen LogP contribution in [0.2, 0.25) is 0 Å². The van der Waals surface area contributed by atoms with Gasteiger partial charge in [-0.3, -0.25) is 14.9 Å². The molecule has 9 nitrogen and oxygen atoms in total. The van der Waals surface area contributed by atoms with Crippen LogP contribution in [0, 0.1) is 6.92 Å². The van der Waals surface area contributed by atoms with Crippen LogP contribution in [0.25, 0.3) is 5.82 Å². The van der Waals surface area contributed by atoms with Gasteiger partial charge in [-0.1, -0.05) is 6.07 Å². The second-order valence-electron chi connectivity index (χ2n) is 4.66. The minimum Gasteiger partial charge on any atom is -0.351 e. The average Bonchev–Trinajstić information content (AvgIpc) is 3.18. The lowest BCUT2D eigenvalue weighted by Crippen LogP contribution is -2.26. The zero-order chi connectivity index (χ0) is 15.4. The summed E-state index contributed by atoms with van der Waals surface area (Å²) < 4.78 is 1.35. The van der Waals surface area contributed by atoms with Crippen molar-refractivity contribution >= 4 is 5.91 Å². The van der Waals surface area contributed by atoms with Crippen molar-refractivity contribution in [1.29, 1.82) is 0 Å². The monoisotopic (exact) mass is 298 g/mol. The summed E-state index contributed by atoms with van der Waals surface area (Å²) in [6.45, 7) is 2.42. The normalized spacial score (nSPS) is 10.6. The predicted molar refractivity (Wildman–Crippen MR) is 76.3 cm³/mol. The number of aromatic amines is 1. The Morgan fingerprint density at radius 3 is 3.09 bits per heavy atom. The van der Waals surface area contributed by atoms with Crippen molar-refractivity contribution in [3.63, 3.8) is 0 Å². The molecule has 0 saturated carbocycles. The highest BCUT2D eigenvalue weighted by Gasteiger charge is 2.15.